The zero-order valence-corrected chi connectivity index (χ0v) is 17.4. The van der Waals surface area contributed by atoms with Gasteiger partial charge in [0.1, 0.15) is 11.5 Å². The van der Waals surface area contributed by atoms with E-state index in [1.165, 1.54) is 24.0 Å². The van der Waals surface area contributed by atoms with Crippen molar-refractivity contribution in [3.63, 3.8) is 0 Å². The van der Waals surface area contributed by atoms with Gasteiger partial charge < -0.3 is 4.74 Å². The van der Waals surface area contributed by atoms with Crippen LogP contribution in [0.3, 0.4) is 0 Å². The molecule has 0 amide bonds. The van der Waals surface area contributed by atoms with Crippen molar-refractivity contribution in [1.29, 1.82) is 0 Å². The summed E-state index contributed by atoms with van der Waals surface area (Å²) in [6.45, 7) is 3.35. The predicted octanol–water partition coefficient (Wildman–Crippen LogP) is 6.79. The van der Waals surface area contributed by atoms with E-state index in [4.69, 9.17) is 4.74 Å². The van der Waals surface area contributed by atoms with Gasteiger partial charge in [-0.3, -0.25) is 4.90 Å². The highest BCUT2D eigenvalue weighted by Gasteiger charge is 2.19. The zero-order chi connectivity index (χ0) is 19.0. The quantitative estimate of drug-likeness (QED) is 0.447. The summed E-state index contributed by atoms with van der Waals surface area (Å²) in [5, 5.41) is 0. The minimum atomic E-state index is 0. The number of benzene rings is 3. The van der Waals surface area contributed by atoms with Gasteiger partial charge in [0.2, 0.25) is 0 Å². The molecule has 150 valence electrons. The van der Waals surface area contributed by atoms with Crippen LogP contribution in [-0.2, 0) is 0 Å². The van der Waals surface area contributed by atoms with E-state index in [9.17, 15) is 0 Å². The first-order chi connectivity index (χ1) is 13.9. The van der Waals surface area contributed by atoms with Gasteiger partial charge in [0.25, 0.3) is 0 Å². The van der Waals surface area contributed by atoms with Gasteiger partial charge in [-0.15, -0.1) is 12.4 Å². The fourth-order valence-electron chi connectivity index (χ4n) is 3.78. The summed E-state index contributed by atoms with van der Waals surface area (Å²) in [6.07, 6.45) is 6.94. The third-order valence-electron chi connectivity index (χ3n) is 5.39. The Bertz CT molecular complexity index is 870. The second-order valence-corrected chi connectivity index (χ2v) is 7.37. The van der Waals surface area contributed by atoms with E-state index in [0.717, 1.165) is 31.1 Å². The van der Waals surface area contributed by atoms with Gasteiger partial charge in [-0.1, -0.05) is 72.8 Å². The number of hydrogen-bond donors (Lipinski definition) is 0. The second kappa shape index (κ2) is 10.8. The summed E-state index contributed by atoms with van der Waals surface area (Å²) in [4.78, 5) is 2.54. The number of piperidine rings is 1. The average Bonchev–Trinajstić information content (AvgIpc) is 2.76. The van der Waals surface area contributed by atoms with E-state index in [1.54, 1.807) is 0 Å². The highest BCUT2D eigenvalue weighted by Crippen LogP contribution is 2.30. The molecule has 1 fully saturated rings. The number of hydrogen-bond acceptors (Lipinski definition) is 2. The van der Waals surface area contributed by atoms with Crippen molar-refractivity contribution >= 4 is 18.5 Å². The summed E-state index contributed by atoms with van der Waals surface area (Å²) in [5.74, 6) is 2.44. The van der Waals surface area contributed by atoms with Crippen LogP contribution in [-0.4, -0.2) is 24.5 Å². The maximum atomic E-state index is 5.90. The highest BCUT2D eigenvalue weighted by atomic mass is 35.5. The number of likely N-dealkylation sites (tertiary alicyclic amines) is 1. The number of para-hydroxylation sites is 1. The smallest absolute Gasteiger partial charge is 0.127 e. The molecule has 4 rings (SSSR count). The number of nitrogens with zero attached hydrogens (tertiary/aromatic N) is 1. The van der Waals surface area contributed by atoms with Gasteiger partial charge >= 0.3 is 0 Å². The predicted molar refractivity (Wildman–Crippen MR) is 124 cm³/mol. The van der Waals surface area contributed by atoms with E-state index in [-0.39, 0.29) is 12.4 Å². The molecule has 0 N–H and O–H groups in total. The zero-order valence-electron chi connectivity index (χ0n) is 16.6. The molecule has 3 aromatic rings. The van der Waals surface area contributed by atoms with Crippen molar-refractivity contribution in [3.05, 3.63) is 102 Å². The van der Waals surface area contributed by atoms with Gasteiger partial charge in [0.05, 0.1) is 0 Å². The lowest BCUT2D eigenvalue weighted by molar-refractivity contribution is 0.233. The van der Waals surface area contributed by atoms with Gasteiger partial charge in [-0.05, 0) is 67.2 Å². The Kier molecular flexibility index (Phi) is 7.92. The first-order valence-electron chi connectivity index (χ1n) is 10.1. The average molecular weight is 406 g/mol. The standard InChI is InChI=1S/C26H27NO.ClH/c1-3-8-22(9-4-1)10-7-19-27-20-17-24(18-21-27)23-13-15-26(16-14-23)28-25-11-5-2-6-12-25;/h1-16,24H,17-21H2;1H/b10-7+;. The van der Waals surface area contributed by atoms with Crippen LogP contribution in [0.1, 0.15) is 29.9 Å². The molecule has 2 nitrogen and oxygen atoms in total. The molecule has 1 heterocycles. The monoisotopic (exact) mass is 405 g/mol. The molecule has 1 aliphatic rings. The number of ether oxygens (including phenoxy) is 1. The molecule has 0 aliphatic carbocycles. The molecular formula is C26H28ClNO. The lowest BCUT2D eigenvalue weighted by atomic mass is 9.89. The van der Waals surface area contributed by atoms with Crippen LogP contribution in [0.5, 0.6) is 11.5 Å². The molecular weight excluding hydrogens is 378 g/mol. The van der Waals surface area contributed by atoms with E-state index in [2.05, 4.69) is 71.6 Å². The summed E-state index contributed by atoms with van der Waals surface area (Å²) in [6, 6.07) is 29.1. The van der Waals surface area contributed by atoms with Crippen LogP contribution in [0.4, 0.5) is 0 Å². The van der Waals surface area contributed by atoms with E-state index < -0.39 is 0 Å². The summed E-state index contributed by atoms with van der Waals surface area (Å²) in [5.41, 5.74) is 2.70. The molecule has 1 saturated heterocycles. The van der Waals surface area contributed by atoms with Crippen LogP contribution in [0, 0.1) is 0 Å². The Balaban J connectivity index is 0.00000240. The Labute approximate surface area is 180 Å². The third-order valence-corrected chi connectivity index (χ3v) is 5.39. The summed E-state index contributed by atoms with van der Waals surface area (Å²) >= 11 is 0. The fourth-order valence-corrected chi connectivity index (χ4v) is 3.78. The Morgan fingerprint density at radius 1 is 0.759 bits per heavy atom. The molecule has 3 aromatic carbocycles. The van der Waals surface area contributed by atoms with Crippen LogP contribution in [0.15, 0.2) is 91.0 Å². The number of halogens is 1. The van der Waals surface area contributed by atoms with Crippen LogP contribution in [0.25, 0.3) is 6.08 Å². The van der Waals surface area contributed by atoms with Crippen LogP contribution >= 0.6 is 12.4 Å². The molecule has 0 bridgehead atoms. The normalized spacial score (nSPS) is 15.2. The summed E-state index contributed by atoms with van der Waals surface area (Å²) in [7, 11) is 0. The maximum absolute atomic E-state index is 5.90. The molecule has 0 spiro atoms. The third kappa shape index (κ3) is 6.22. The van der Waals surface area contributed by atoms with E-state index in [0.29, 0.717) is 5.92 Å². The topological polar surface area (TPSA) is 12.5 Å². The Morgan fingerprint density at radius 2 is 1.34 bits per heavy atom. The highest BCUT2D eigenvalue weighted by molar-refractivity contribution is 5.85. The minimum Gasteiger partial charge on any atom is -0.457 e. The largest absolute Gasteiger partial charge is 0.457 e. The second-order valence-electron chi connectivity index (χ2n) is 7.37. The lowest BCUT2D eigenvalue weighted by Crippen LogP contribution is -2.33. The van der Waals surface area contributed by atoms with Gasteiger partial charge in [-0.2, -0.15) is 0 Å². The van der Waals surface area contributed by atoms with Crippen molar-refractivity contribution in [3.8, 4) is 11.5 Å². The van der Waals surface area contributed by atoms with Crippen molar-refractivity contribution in [2.45, 2.75) is 18.8 Å². The first-order valence-corrected chi connectivity index (χ1v) is 10.1. The van der Waals surface area contributed by atoms with Crippen molar-refractivity contribution in [2.75, 3.05) is 19.6 Å². The van der Waals surface area contributed by atoms with Gasteiger partial charge in [-0.25, -0.2) is 0 Å². The first kappa shape index (κ1) is 21.2. The molecule has 29 heavy (non-hydrogen) atoms. The lowest BCUT2D eigenvalue weighted by Gasteiger charge is -2.31. The molecule has 0 radical (unpaired) electrons. The molecule has 0 atom stereocenters. The Morgan fingerprint density at radius 3 is 2.00 bits per heavy atom. The van der Waals surface area contributed by atoms with Crippen LogP contribution < -0.4 is 4.74 Å². The fraction of sp³-hybridized carbons (Fsp3) is 0.231. The van der Waals surface area contributed by atoms with Gasteiger partial charge in [0, 0.05) is 6.54 Å². The van der Waals surface area contributed by atoms with E-state index in [1.807, 2.05) is 30.3 Å². The molecule has 3 heteroatoms. The Hall–Kier alpha value is -2.55. The molecule has 0 aromatic heterocycles. The molecule has 0 unspecified atom stereocenters. The maximum Gasteiger partial charge on any atom is 0.127 e. The molecule has 1 aliphatic heterocycles. The van der Waals surface area contributed by atoms with E-state index >= 15 is 0 Å². The molecule has 0 saturated carbocycles. The van der Waals surface area contributed by atoms with Gasteiger partial charge in [0.15, 0.2) is 0 Å². The number of rotatable bonds is 6. The summed E-state index contributed by atoms with van der Waals surface area (Å²) < 4.78 is 5.90. The SMILES string of the molecule is C(=C\c1ccccc1)/CN1CCC(c2ccc(Oc3ccccc3)cc2)CC1.Cl. The van der Waals surface area contributed by atoms with Crippen molar-refractivity contribution < 1.29 is 4.74 Å². The van der Waals surface area contributed by atoms with Crippen molar-refractivity contribution in [1.82, 2.24) is 4.90 Å². The van der Waals surface area contributed by atoms with Crippen LogP contribution in [0.2, 0.25) is 0 Å². The van der Waals surface area contributed by atoms with Crippen molar-refractivity contribution in [2.24, 2.45) is 0 Å². The minimum absolute atomic E-state index is 0.